The number of carbonyl (C=O) groups is 1. The molecule has 0 aliphatic heterocycles. The van der Waals surface area contributed by atoms with Crippen molar-refractivity contribution >= 4 is 54.9 Å². The summed E-state index contributed by atoms with van der Waals surface area (Å²) in [4.78, 5) is 12.9. The van der Waals surface area contributed by atoms with Gasteiger partial charge in [-0.2, -0.15) is 0 Å². The van der Waals surface area contributed by atoms with Gasteiger partial charge in [-0.05, 0) is 57.0 Å². The van der Waals surface area contributed by atoms with Crippen LogP contribution in [0.25, 0.3) is 0 Å². The summed E-state index contributed by atoms with van der Waals surface area (Å²) in [6.07, 6.45) is 0. The normalized spacial score (nSPS) is 10.4. The van der Waals surface area contributed by atoms with Crippen LogP contribution in [0.5, 0.6) is 0 Å². The molecule has 1 N–H and O–H groups in total. The van der Waals surface area contributed by atoms with E-state index in [1.165, 1.54) is 12.0 Å². The third-order valence-electron chi connectivity index (χ3n) is 2.73. The van der Waals surface area contributed by atoms with Crippen LogP contribution in [-0.2, 0) is 11.3 Å². The van der Waals surface area contributed by atoms with Crippen LogP contribution in [0.1, 0.15) is 20.8 Å². The van der Waals surface area contributed by atoms with Crippen molar-refractivity contribution in [2.24, 2.45) is 0 Å². The summed E-state index contributed by atoms with van der Waals surface area (Å²) >= 11 is 8.58. The Balaban J connectivity index is 2.18. The summed E-state index contributed by atoms with van der Waals surface area (Å²) in [5, 5.41) is 3.28. The quantitative estimate of drug-likeness (QED) is 0.711. The van der Waals surface area contributed by atoms with E-state index in [4.69, 9.17) is 4.74 Å². The molecule has 0 aliphatic carbocycles. The predicted octanol–water partition coefficient (Wildman–Crippen LogP) is 4.98. The molecule has 0 saturated heterocycles. The van der Waals surface area contributed by atoms with Crippen LogP contribution >= 0.6 is 43.2 Å². The summed E-state index contributed by atoms with van der Waals surface area (Å²) in [5.74, 6) is -0.329. The minimum absolute atomic E-state index is 0.329. The Morgan fingerprint density at radius 1 is 1.35 bits per heavy atom. The van der Waals surface area contributed by atoms with Gasteiger partial charge in [0, 0.05) is 21.6 Å². The van der Waals surface area contributed by atoms with Crippen molar-refractivity contribution in [3.8, 4) is 0 Å². The van der Waals surface area contributed by atoms with E-state index in [1.807, 2.05) is 31.2 Å². The molecule has 1 aromatic heterocycles. The molecule has 106 valence electrons. The van der Waals surface area contributed by atoms with Gasteiger partial charge in [-0.25, -0.2) is 4.79 Å². The van der Waals surface area contributed by atoms with E-state index in [9.17, 15) is 4.79 Å². The van der Waals surface area contributed by atoms with Crippen LogP contribution in [0.15, 0.2) is 32.5 Å². The second-order valence-corrected chi connectivity index (χ2v) is 7.54. The molecular weight excluding hydrogens is 406 g/mol. The molecule has 1 aromatic carbocycles. The van der Waals surface area contributed by atoms with Crippen LogP contribution in [0, 0.1) is 6.92 Å². The van der Waals surface area contributed by atoms with Crippen molar-refractivity contribution in [3.05, 3.63) is 48.5 Å². The molecular formula is C14H13Br2NO2S. The summed E-state index contributed by atoms with van der Waals surface area (Å²) < 4.78 is 6.92. The molecule has 0 radical (unpaired) electrons. The van der Waals surface area contributed by atoms with Crippen LogP contribution < -0.4 is 5.32 Å². The number of anilines is 1. The van der Waals surface area contributed by atoms with Gasteiger partial charge >= 0.3 is 5.97 Å². The van der Waals surface area contributed by atoms with E-state index < -0.39 is 0 Å². The zero-order chi connectivity index (χ0) is 14.7. The molecule has 0 atom stereocenters. The Morgan fingerprint density at radius 2 is 2.10 bits per heavy atom. The van der Waals surface area contributed by atoms with E-state index >= 15 is 0 Å². The van der Waals surface area contributed by atoms with Gasteiger partial charge in [0.2, 0.25) is 0 Å². The van der Waals surface area contributed by atoms with Gasteiger partial charge in [-0.15, -0.1) is 11.3 Å². The maximum absolute atomic E-state index is 11.8. The first-order chi connectivity index (χ1) is 9.51. The van der Waals surface area contributed by atoms with Crippen molar-refractivity contribution < 1.29 is 9.53 Å². The maximum atomic E-state index is 11.8. The molecule has 0 aliphatic rings. The number of halogens is 2. The Morgan fingerprint density at radius 3 is 2.70 bits per heavy atom. The molecule has 2 aromatic rings. The van der Waals surface area contributed by atoms with Gasteiger partial charge in [-0.3, -0.25) is 0 Å². The van der Waals surface area contributed by atoms with Gasteiger partial charge in [-0.1, -0.05) is 11.6 Å². The van der Waals surface area contributed by atoms with Crippen LogP contribution in [0.3, 0.4) is 0 Å². The minimum atomic E-state index is -0.329. The third kappa shape index (κ3) is 3.62. The fraction of sp³-hybridized carbons (Fsp3) is 0.214. The van der Waals surface area contributed by atoms with E-state index in [2.05, 4.69) is 37.2 Å². The lowest BCUT2D eigenvalue weighted by Crippen LogP contribution is -2.08. The second kappa shape index (κ2) is 6.74. The number of esters is 1. The van der Waals surface area contributed by atoms with E-state index in [0.717, 1.165) is 19.5 Å². The number of thiophene rings is 1. The zero-order valence-electron chi connectivity index (χ0n) is 11.0. The van der Waals surface area contributed by atoms with Crippen molar-refractivity contribution in [2.45, 2.75) is 13.5 Å². The SMILES string of the molecule is COC(=O)c1cc(C)ccc1NCc1cc(Br)c(Br)s1. The monoisotopic (exact) mass is 417 g/mol. The summed E-state index contributed by atoms with van der Waals surface area (Å²) in [6, 6.07) is 7.75. The van der Waals surface area contributed by atoms with Gasteiger partial charge in [0.25, 0.3) is 0 Å². The molecule has 3 nitrogen and oxygen atoms in total. The van der Waals surface area contributed by atoms with Crippen LogP contribution in [0.4, 0.5) is 5.69 Å². The highest BCUT2D eigenvalue weighted by Crippen LogP contribution is 2.33. The molecule has 0 saturated carbocycles. The smallest absolute Gasteiger partial charge is 0.339 e. The largest absolute Gasteiger partial charge is 0.465 e. The highest BCUT2D eigenvalue weighted by atomic mass is 79.9. The van der Waals surface area contributed by atoms with E-state index in [1.54, 1.807) is 11.3 Å². The fourth-order valence-electron chi connectivity index (χ4n) is 1.75. The molecule has 2 rings (SSSR count). The first kappa shape index (κ1) is 15.5. The lowest BCUT2D eigenvalue weighted by Gasteiger charge is -2.10. The van der Waals surface area contributed by atoms with E-state index in [-0.39, 0.29) is 5.97 Å². The molecule has 6 heteroatoms. The number of hydrogen-bond acceptors (Lipinski definition) is 4. The van der Waals surface area contributed by atoms with Crippen LogP contribution in [0.2, 0.25) is 0 Å². The Kier molecular flexibility index (Phi) is 5.23. The zero-order valence-corrected chi connectivity index (χ0v) is 15.0. The Labute approximate surface area is 138 Å². The van der Waals surface area contributed by atoms with Crippen molar-refractivity contribution in [1.82, 2.24) is 0 Å². The predicted molar refractivity (Wildman–Crippen MR) is 89.6 cm³/mol. The lowest BCUT2D eigenvalue weighted by molar-refractivity contribution is 0.0601. The standard InChI is InChI=1S/C14H13Br2NO2S/c1-8-3-4-12(10(5-8)14(18)19-2)17-7-9-6-11(15)13(16)20-9/h3-6,17H,7H2,1-2H3. The topological polar surface area (TPSA) is 38.3 Å². The molecule has 0 bridgehead atoms. The van der Waals surface area contributed by atoms with Gasteiger partial charge in [0.1, 0.15) is 0 Å². The van der Waals surface area contributed by atoms with Gasteiger partial charge in [0.15, 0.2) is 0 Å². The number of aryl methyl sites for hydroxylation is 1. The maximum Gasteiger partial charge on any atom is 0.339 e. The van der Waals surface area contributed by atoms with Crippen molar-refractivity contribution in [3.63, 3.8) is 0 Å². The fourth-order valence-corrected chi connectivity index (χ4v) is 3.87. The number of benzene rings is 1. The second-order valence-electron chi connectivity index (χ2n) is 4.23. The minimum Gasteiger partial charge on any atom is -0.465 e. The Hall–Kier alpha value is -0.850. The van der Waals surface area contributed by atoms with Crippen LogP contribution in [-0.4, -0.2) is 13.1 Å². The number of hydrogen-bond donors (Lipinski definition) is 1. The van der Waals surface area contributed by atoms with Gasteiger partial charge < -0.3 is 10.1 Å². The average Bonchev–Trinajstić information content (AvgIpc) is 2.75. The highest BCUT2D eigenvalue weighted by molar-refractivity contribution is 9.13. The van der Waals surface area contributed by atoms with Crippen molar-refractivity contribution in [2.75, 3.05) is 12.4 Å². The molecule has 0 amide bonds. The molecule has 20 heavy (non-hydrogen) atoms. The number of nitrogens with one attached hydrogen (secondary N) is 1. The number of rotatable bonds is 4. The third-order valence-corrected chi connectivity index (χ3v) is 5.99. The van der Waals surface area contributed by atoms with E-state index in [0.29, 0.717) is 12.1 Å². The molecule has 0 unspecified atom stereocenters. The molecule has 0 fully saturated rings. The number of ether oxygens (including phenoxy) is 1. The molecule has 0 spiro atoms. The summed E-state index contributed by atoms with van der Waals surface area (Å²) in [5.41, 5.74) is 2.36. The lowest BCUT2D eigenvalue weighted by atomic mass is 10.1. The van der Waals surface area contributed by atoms with Crippen molar-refractivity contribution in [1.29, 1.82) is 0 Å². The molecule has 1 heterocycles. The summed E-state index contributed by atoms with van der Waals surface area (Å²) in [6.45, 7) is 2.60. The number of carbonyl (C=O) groups excluding carboxylic acids is 1. The first-order valence-electron chi connectivity index (χ1n) is 5.88. The average molecular weight is 419 g/mol. The highest BCUT2D eigenvalue weighted by Gasteiger charge is 2.12. The summed E-state index contributed by atoms with van der Waals surface area (Å²) in [7, 11) is 1.39. The first-order valence-corrected chi connectivity index (χ1v) is 8.28. The Bertz CT molecular complexity index is 621. The van der Waals surface area contributed by atoms with Gasteiger partial charge in [0.05, 0.1) is 16.5 Å². The number of methoxy groups -OCH3 is 1.